The molecule has 0 saturated heterocycles. The summed E-state index contributed by atoms with van der Waals surface area (Å²) in [5, 5.41) is 5.99. The Morgan fingerprint density at radius 3 is 2.35 bits per heavy atom. The standard InChI is InChI=1S/C22H34N2O2/c1-15-7-6-8-19(16(15)2)24-20(25)13-14-23-21(26)17-9-11-18(12-10-17)22(3,4)5/h9-12,15-16,19H,6-8,13-14H2,1-5H3,(H,23,26)(H,24,25). The van der Waals surface area contributed by atoms with Crippen molar-refractivity contribution in [2.45, 2.75) is 71.8 Å². The van der Waals surface area contributed by atoms with E-state index in [1.807, 2.05) is 24.3 Å². The van der Waals surface area contributed by atoms with Gasteiger partial charge in [0.05, 0.1) is 0 Å². The second-order valence-corrected chi connectivity index (χ2v) is 8.77. The number of carbonyl (C=O) groups excluding carboxylic acids is 2. The molecule has 26 heavy (non-hydrogen) atoms. The van der Waals surface area contributed by atoms with E-state index in [-0.39, 0.29) is 23.3 Å². The lowest BCUT2D eigenvalue weighted by Crippen LogP contribution is -2.44. The molecule has 1 aromatic carbocycles. The van der Waals surface area contributed by atoms with Gasteiger partial charge in [0.25, 0.3) is 5.91 Å². The summed E-state index contributed by atoms with van der Waals surface area (Å²) in [6, 6.07) is 7.95. The third kappa shape index (κ3) is 5.58. The lowest BCUT2D eigenvalue weighted by atomic mass is 9.78. The number of benzene rings is 1. The first kappa shape index (κ1) is 20.5. The molecule has 2 amide bonds. The van der Waals surface area contributed by atoms with Crippen LogP contribution in [0.25, 0.3) is 0 Å². The van der Waals surface area contributed by atoms with Gasteiger partial charge in [-0.15, -0.1) is 0 Å². The van der Waals surface area contributed by atoms with Gasteiger partial charge in [0, 0.05) is 24.6 Å². The summed E-state index contributed by atoms with van der Waals surface area (Å²) in [7, 11) is 0. The van der Waals surface area contributed by atoms with Gasteiger partial charge in [0.15, 0.2) is 0 Å². The van der Waals surface area contributed by atoms with Gasteiger partial charge in [-0.3, -0.25) is 9.59 Å². The Kier molecular flexibility index (Phi) is 6.85. The molecule has 0 spiro atoms. The summed E-state index contributed by atoms with van der Waals surface area (Å²) >= 11 is 0. The monoisotopic (exact) mass is 358 g/mol. The Labute approximate surface area is 158 Å². The Morgan fingerprint density at radius 1 is 1.08 bits per heavy atom. The lowest BCUT2D eigenvalue weighted by Gasteiger charge is -2.34. The minimum Gasteiger partial charge on any atom is -0.353 e. The van der Waals surface area contributed by atoms with Crippen LogP contribution in [-0.4, -0.2) is 24.4 Å². The van der Waals surface area contributed by atoms with Crippen molar-refractivity contribution in [3.05, 3.63) is 35.4 Å². The van der Waals surface area contributed by atoms with Crippen molar-refractivity contribution < 1.29 is 9.59 Å². The second kappa shape index (κ2) is 8.70. The highest BCUT2D eigenvalue weighted by Gasteiger charge is 2.27. The third-order valence-corrected chi connectivity index (χ3v) is 5.70. The van der Waals surface area contributed by atoms with Gasteiger partial charge in [0.2, 0.25) is 5.91 Å². The number of nitrogens with one attached hydrogen (secondary N) is 2. The SMILES string of the molecule is CC1CCCC(NC(=O)CCNC(=O)c2ccc(C(C)(C)C)cc2)C1C. The minimum atomic E-state index is -0.127. The predicted octanol–water partition coefficient (Wildman–Crippen LogP) is 4.04. The summed E-state index contributed by atoms with van der Waals surface area (Å²) in [5.41, 5.74) is 1.90. The molecular formula is C22H34N2O2. The fraction of sp³-hybridized carbons (Fsp3) is 0.636. The molecule has 1 aromatic rings. The molecule has 0 heterocycles. The Bertz CT molecular complexity index is 616. The molecule has 0 aliphatic heterocycles. The smallest absolute Gasteiger partial charge is 0.251 e. The number of carbonyl (C=O) groups is 2. The fourth-order valence-corrected chi connectivity index (χ4v) is 3.58. The molecule has 1 saturated carbocycles. The first-order valence-corrected chi connectivity index (χ1v) is 9.86. The lowest BCUT2D eigenvalue weighted by molar-refractivity contribution is -0.122. The number of hydrogen-bond donors (Lipinski definition) is 2. The molecular weight excluding hydrogens is 324 g/mol. The molecule has 0 bridgehead atoms. The Morgan fingerprint density at radius 2 is 1.73 bits per heavy atom. The summed E-state index contributed by atoms with van der Waals surface area (Å²) in [5.74, 6) is 1.07. The van der Waals surface area contributed by atoms with Crippen molar-refractivity contribution in [2.75, 3.05) is 6.54 Å². The first-order chi connectivity index (χ1) is 12.2. The second-order valence-electron chi connectivity index (χ2n) is 8.77. The van der Waals surface area contributed by atoms with Crippen molar-refractivity contribution >= 4 is 11.8 Å². The summed E-state index contributed by atoms with van der Waals surface area (Å²) in [6.07, 6.45) is 3.81. The third-order valence-electron chi connectivity index (χ3n) is 5.70. The van der Waals surface area contributed by atoms with Crippen molar-refractivity contribution in [2.24, 2.45) is 11.8 Å². The molecule has 1 fully saturated rings. The van der Waals surface area contributed by atoms with Crippen LogP contribution in [0.15, 0.2) is 24.3 Å². The van der Waals surface area contributed by atoms with Crippen molar-refractivity contribution in [1.82, 2.24) is 10.6 Å². The molecule has 4 nitrogen and oxygen atoms in total. The van der Waals surface area contributed by atoms with E-state index in [9.17, 15) is 9.59 Å². The van der Waals surface area contributed by atoms with Crippen LogP contribution in [0.5, 0.6) is 0 Å². The maximum atomic E-state index is 12.2. The molecule has 2 rings (SSSR count). The fourth-order valence-electron chi connectivity index (χ4n) is 3.58. The number of amides is 2. The van der Waals surface area contributed by atoms with Gasteiger partial charge in [-0.2, -0.15) is 0 Å². The maximum Gasteiger partial charge on any atom is 0.251 e. The average molecular weight is 359 g/mol. The van der Waals surface area contributed by atoms with E-state index in [0.29, 0.717) is 30.4 Å². The maximum absolute atomic E-state index is 12.2. The van der Waals surface area contributed by atoms with Gasteiger partial charge < -0.3 is 10.6 Å². The average Bonchev–Trinajstić information content (AvgIpc) is 2.58. The van der Waals surface area contributed by atoms with E-state index in [4.69, 9.17) is 0 Å². The summed E-state index contributed by atoms with van der Waals surface area (Å²) < 4.78 is 0. The van der Waals surface area contributed by atoms with E-state index < -0.39 is 0 Å². The first-order valence-electron chi connectivity index (χ1n) is 9.86. The van der Waals surface area contributed by atoms with Crippen LogP contribution in [0.2, 0.25) is 0 Å². The molecule has 2 N–H and O–H groups in total. The minimum absolute atomic E-state index is 0.0272. The van der Waals surface area contributed by atoms with E-state index in [1.54, 1.807) is 0 Å². The predicted molar refractivity (Wildman–Crippen MR) is 106 cm³/mol. The van der Waals surface area contributed by atoms with Crippen LogP contribution in [-0.2, 0) is 10.2 Å². The molecule has 1 aliphatic rings. The van der Waals surface area contributed by atoms with E-state index in [1.165, 1.54) is 18.4 Å². The highest BCUT2D eigenvalue weighted by atomic mass is 16.2. The number of hydrogen-bond acceptors (Lipinski definition) is 2. The van der Waals surface area contributed by atoms with E-state index in [2.05, 4.69) is 45.3 Å². The topological polar surface area (TPSA) is 58.2 Å². The van der Waals surface area contributed by atoms with Gasteiger partial charge in [-0.05, 0) is 41.4 Å². The van der Waals surface area contributed by atoms with Crippen LogP contribution in [0.1, 0.15) is 76.2 Å². The summed E-state index contributed by atoms with van der Waals surface area (Å²) in [4.78, 5) is 24.4. The Balaban J connectivity index is 1.76. The van der Waals surface area contributed by atoms with E-state index >= 15 is 0 Å². The quantitative estimate of drug-likeness (QED) is 0.834. The molecule has 0 radical (unpaired) electrons. The normalized spacial score (nSPS) is 23.3. The largest absolute Gasteiger partial charge is 0.353 e. The van der Waals surface area contributed by atoms with Crippen LogP contribution >= 0.6 is 0 Å². The number of rotatable bonds is 5. The molecule has 4 heteroatoms. The van der Waals surface area contributed by atoms with Crippen molar-refractivity contribution in [3.63, 3.8) is 0 Å². The van der Waals surface area contributed by atoms with Crippen molar-refractivity contribution in [3.8, 4) is 0 Å². The van der Waals surface area contributed by atoms with Crippen LogP contribution < -0.4 is 10.6 Å². The van der Waals surface area contributed by atoms with Crippen LogP contribution in [0, 0.1) is 11.8 Å². The van der Waals surface area contributed by atoms with Crippen molar-refractivity contribution in [1.29, 1.82) is 0 Å². The zero-order chi connectivity index (χ0) is 19.3. The van der Waals surface area contributed by atoms with Crippen LogP contribution in [0.4, 0.5) is 0 Å². The van der Waals surface area contributed by atoms with E-state index in [0.717, 1.165) is 6.42 Å². The van der Waals surface area contributed by atoms with Gasteiger partial charge >= 0.3 is 0 Å². The zero-order valence-corrected chi connectivity index (χ0v) is 16.9. The molecule has 144 valence electrons. The zero-order valence-electron chi connectivity index (χ0n) is 16.9. The summed E-state index contributed by atoms with van der Waals surface area (Å²) in [6.45, 7) is 11.3. The molecule has 3 unspecified atom stereocenters. The molecule has 0 aromatic heterocycles. The highest BCUT2D eigenvalue weighted by Crippen LogP contribution is 2.29. The highest BCUT2D eigenvalue weighted by molar-refractivity contribution is 5.94. The van der Waals surface area contributed by atoms with Gasteiger partial charge in [-0.25, -0.2) is 0 Å². The molecule has 1 aliphatic carbocycles. The van der Waals surface area contributed by atoms with Crippen LogP contribution in [0.3, 0.4) is 0 Å². The Hall–Kier alpha value is -1.84. The van der Waals surface area contributed by atoms with Gasteiger partial charge in [-0.1, -0.05) is 59.6 Å². The molecule has 3 atom stereocenters. The van der Waals surface area contributed by atoms with Gasteiger partial charge in [0.1, 0.15) is 0 Å².